The van der Waals surface area contributed by atoms with Gasteiger partial charge in [0.1, 0.15) is 5.76 Å². The van der Waals surface area contributed by atoms with Crippen LogP contribution in [0.5, 0.6) is 0 Å². The maximum atomic E-state index is 11.8. The number of rotatable bonds is 1. The van der Waals surface area contributed by atoms with Crippen LogP contribution in [0.3, 0.4) is 0 Å². The highest BCUT2D eigenvalue weighted by atomic mass is 16.3. The van der Waals surface area contributed by atoms with Crippen LogP contribution in [0, 0.1) is 5.92 Å². The third kappa shape index (κ3) is 2.75. The molecule has 1 aliphatic heterocycles. The molecule has 3 heteroatoms. The van der Waals surface area contributed by atoms with E-state index in [1.165, 1.54) is 0 Å². The lowest BCUT2D eigenvalue weighted by Gasteiger charge is -2.16. The summed E-state index contributed by atoms with van der Waals surface area (Å²) in [6.45, 7) is 1.84. The molecule has 0 bridgehead atoms. The second-order valence-corrected chi connectivity index (χ2v) is 4.18. The largest absolute Gasteiger partial charge is 0.508 e. The Kier molecular flexibility index (Phi) is 3.28. The van der Waals surface area contributed by atoms with Crippen molar-refractivity contribution >= 4 is 11.6 Å². The van der Waals surface area contributed by atoms with Gasteiger partial charge in [0.25, 0.3) is 0 Å². The molecule has 0 aromatic heterocycles. The summed E-state index contributed by atoms with van der Waals surface area (Å²) < 4.78 is 0. The van der Waals surface area contributed by atoms with Gasteiger partial charge in [0.05, 0.1) is 5.70 Å². The predicted molar refractivity (Wildman–Crippen MR) is 67.1 cm³/mol. The van der Waals surface area contributed by atoms with Crippen LogP contribution in [0.2, 0.25) is 0 Å². The van der Waals surface area contributed by atoms with Crippen LogP contribution in [0.4, 0.5) is 0 Å². The van der Waals surface area contributed by atoms with Crippen molar-refractivity contribution in [3.8, 4) is 0 Å². The number of aliphatic hydroxyl groups is 1. The molecule has 0 radical (unpaired) electrons. The highest BCUT2D eigenvalue weighted by Gasteiger charge is 2.16. The molecule has 17 heavy (non-hydrogen) atoms. The van der Waals surface area contributed by atoms with Gasteiger partial charge in [-0.15, -0.1) is 0 Å². The molecule has 3 nitrogen and oxygen atoms in total. The van der Waals surface area contributed by atoms with E-state index in [9.17, 15) is 9.90 Å². The van der Waals surface area contributed by atoms with Crippen LogP contribution >= 0.6 is 0 Å². The number of benzene rings is 1. The van der Waals surface area contributed by atoms with E-state index in [4.69, 9.17) is 0 Å². The lowest BCUT2D eigenvalue weighted by molar-refractivity contribution is -0.123. The number of hydrogen-bond donors (Lipinski definition) is 2. The van der Waals surface area contributed by atoms with Crippen molar-refractivity contribution in [3.05, 3.63) is 53.8 Å². The van der Waals surface area contributed by atoms with E-state index < -0.39 is 0 Å². The summed E-state index contributed by atoms with van der Waals surface area (Å²) >= 11 is 0. The van der Waals surface area contributed by atoms with Crippen LogP contribution in [0.25, 0.3) is 5.70 Å². The van der Waals surface area contributed by atoms with Crippen LogP contribution in [0.15, 0.2) is 48.2 Å². The van der Waals surface area contributed by atoms with E-state index in [1.807, 2.05) is 37.3 Å². The van der Waals surface area contributed by atoms with E-state index >= 15 is 0 Å². The fourth-order valence-electron chi connectivity index (χ4n) is 1.68. The average Bonchev–Trinajstić information content (AvgIpc) is 2.34. The lowest BCUT2D eigenvalue weighted by atomic mass is 10.0. The van der Waals surface area contributed by atoms with Crippen LogP contribution in [-0.2, 0) is 4.79 Å². The highest BCUT2D eigenvalue weighted by Crippen LogP contribution is 2.18. The molecule has 1 aromatic rings. The molecule has 0 saturated carbocycles. The Morgan fingerprint density at radius 3 is 2.71 bits per heavy atom. The number of amides is 1. The summed E-state index contributed by atoms with van der Waals surface area (Å²) in [4.78, 5) is 11.8. The summed E-state index contributed by atoms with van der Waals surface area (Å²) in [5.41, 5.74) is 1.52. The first-order valence-corrected chi connectivity index (χ1v) is 5.64. The van der Waals surface area contributed by atoms with Crippen molar-refractivity contribution in [1.29, 1.82) is 0 Å². The van der Waals surface area contributed by atoms with Gasteiger partial charge in [-0.3, -0.25) is 4.79 Å². The molecular formula is C14H15NO2. The first-order chi connectivity index (χ1) is 8.16. The minimum atomic E-state index is -0.135. The molecule has 1 aliphatic rings. The van der Waals surface area contributed by atoms with Gasteiger partial charge in [-0.25, -0.2) is 0 Å². The van der Waals surface area contributed by atoms with Gasteiger partial charge in [0, 0.05) is 12.0 Å². The Balaban J connectivity index is 2.37. The van der Waals surface area contributed by atoms with Crippen molar-refractivity contribution < 1.29 is 9.90 Å². The molecule has 0 fully saturated rings. The smallest absolute Gasteiger partial charge is 0.227 e. The Morgan fingerprint density at radius 2 is 2.00 bits per heavy atom. The maximum absolute atomic E-state index is 11.8. The minimum Gasteiger partial charge on any atom is -0.508 e. The van der Waals surface area contributed by atoms with Gasteiger partial charge >= 0.3 is 0 Å². The van der Waals surface area contributed by atoms with E-state index in [0.29, 0.717) is 12.1 Å². The molecule has 0 aliphatic carbocycles. The van der Waals surface area contributed by atoms with Gasteiger partial charge in [-0.05, 0) is 18.1 Å². The molecule has 1 aromatic carbocycles. The summed E-state index contributed by atoms with van der Waals surface area (Å²) in [7, 11) is 0. The Labute approximate surface area is 100 Å². The summed E-state index contributed by atoms with van der Waals surface area (Å²) in [5, 5.41) is 12.5. The second kappa shape index (κ2) is 4.87. The van der Waals surface area contributed by atoms with Crippen LogP contribution in [0.1, 0.15) is 18.9 Å². The van der Waals surface area contributed by atoms with Crippen molar-refractivity contribution in [3.63, 3.8) is 0 Å². The Hall–Kier alpha value is -2.03. The normalized spacial score (nSPS) is 26.9. The zero-order valence-corrected chi connectivity index (χ0v) is 9.68. The van der Waals surface area contributed by atoms with Crippen LogP contribution < -0.4 is 5.32 Å². The van der Waals surface area contributed by atoms with E-state index in [2.05, 4.69) is 5.32 Å². The van der Waals surface area contributed by atoms with Gasteiger partial charge in [0.15, 0.2) is 0 Å². The van der Waals surface area contributed by atoms with Crippen molar-refractivity contribution in [2.75, 3.05) is 0 Å². The number of carbonyl (C=O) groups is 1. The number of allylic oxidation sites excluding steroid dienone is 2. The van der Waals surface area contributed by atoms with Gasteiger partial charge in [-0.2, -0.15) is 0 Å². The summed E-state index contributed by atoms with van der Waals surface area (Å²) in [5.74, 6) is 0.0316. The second-order valence-electron chi connectivity index (χ2n) is 4.18. The SMILES string of the molecule is CC1C/C=C(O)/C=C(/c2ccccc2)NC1=O. The highest BCUT2D eigenvalue weighted by molar-refractivity contribution is 5.89. The fraction of sp³-hybridized carbons (Fsp3) is 0.214. The van der Waals surface area contributed by atoms with E-state index in [0.717, 1.165) is 5.56 Å². The molecule has 0 saturated heterocycles. The zero-order chi connectivity index (χ0) is 12.3. The molecule has 2 rings (SSSR count). The quantitative estimate of drug-likeness (QED) is 0.777. The maximum Gasteiger partial charge on any atom is 0.227 e. The topological polar surface area (TPSA) is 49.3 Å². The first-order valence-electron chi connectivity index (χ1n) is 5.64. The van der Waals surface area contributed by atoms with Crippen LogP contribution in [-0.4, -0.2) is 11.0 Å². The first kappa shape index (κ1) is 11.5. The third-order valence-electron chi connectivity index (χ3n) is 2.76. The Bertz CT molecular complexity index is 474. The third-order valence-corrected chi connectivity index (χ3v) is 2.76. The monoisotopic (exact) mass is 229 g/mol. The zero-order valence-electron chi connectivity index (χ0n) is 9.68. The number of carbonyl (C=O) groups excluding carboxylic acids is 1. The number of aliphatic hydroxyl groups excluding tert-OH is 1. The van der Waals surface area contributed by atoms with Gasteiger partial charge < -0.3 is 10.4 Å². The van der Waals surface area contributed by atoms with Crippen molar-refractivity contribution in [2.45, 2.75) is 13.3 Å². The Morgan fingerprint density at radius 1 is 1.29 bits per heavy atom. The fourth-order valence-corrected chi connectivity index (χ4v) is 1.68. The summed E-state index contributed by atoms with van der Waals surface area (Å²) in [6, 6.07) is 9.49. The number of nitrogens with one attached hydrogen (secondary N) is 1. The molecule has 1 unspecified atom stereocenters. The molecule has 1 atom stereocenters. The van der Waals surface area contributed by atoms with E-state index in [-0.39, 0.29) is 17.6 Å². The molecule has 0 spiro atoms. The predicted octanol–water partition coefficient (Wildman–Crippen LogP) is 2.63. The van der Waals surface area contributed by atoms with Crippen molar-refractivity contribution in [1.82, 2.24) is 5.32 Å². The minimum absolute atomic E-state index is 0.0242. The molecule has 88 valence electrons. The molecule has 2 N–H and O–H groups in total. The molecular weight excluding hydrogens is 214 g/mol. The summed E-state index contributed by atoms with van der Waals surface area (Å²) in [6.07, 6.45) is 3.81. The standard InChI is InChI=1S/C14H15NO2/c1-10-7-8-12(16)9-13(15-14(10)17)11-5-3-2-4-6-11/h2-6,8-10,16H,7H2,1H3,(H,15,17)/b12-8-,13-9-. The van der Waals surface area contributed by atoms with Gasteiger partial charge in [0.2, 0.25) is 5.91 Å². The average molecular weight is 229 g/mol. The number of hydrogen-bond acceptors (Lipinski definition) is 2. The van der Waals surface area contributed by atoms with Gasteiger partial charge in [-0.1, -0.05) is 37.3 Å². The van der Waals surface area contributed by atoms with Crippen molar-refractivity contribution in [2.24, 2.45) is 5.92 Å². The lowest BCUT2D eigenvalue weighted by Crippen LogP contribution is -2.28. The van der Waals surface area contributed by atoms with E-state index in [1.54, 1.807) is 12.2 Å². The molecule has 1 amide bonds. The molecule has 1 heterocycles.